The lowest BCUT2D eigenvalue weighted by Gasteiger charge is -2.39. The number of nitrogens with one attached hydrogen (secondary N) is 1. The van der Waals surface area contributed by atoms with Crippen LogP contribution in [0.15, 0.2) is 23.7 Å². The van der Waals surface area contributed by atoms with Crippen LogP contribution < -0.4 is 5.32 Å². The molecule has 34 heavy (non-hydrogen) atoms. The minimum Gasteiger partial charge on any atom is -0.442 e. The van der Waals surface area contributed by atoms with Crippen LogP contribution in [0.25, 0.3) is 0 Å². The monoisotopic (exact) mass is 478 g/mol. The van der Waals surface area contributed by atoms with E-state index < -0.39 is 12.2 Å². The molecule has 2 fully saturated rings. The maximum atomic E-state index is 12.4. The maximum Gasteiger partial charge on any atom is 0.489 e. The Morgan fingerprint density at radius 3 is 2.32 bits per heavy atom. The van der Waals surface area contributed by atoms with Gasteiger partial charge in [0.15, 0.2) is 0 Å². The average Bonchev–Trinajstić information content (AvgIpc) is 2.94. The second-order valence-electron chi connectivity index (χ2n) is 10.8. The molecule has 1 unspecified atom stereocenters. The van der Waals surface area contributed by atoms with Gasteiger partial charge in [-0.05, 0) is 78.8 Å². The maximum absolute atomic E-state index is 12.4. The van der Waals surface area contributed by atoms with Crippen molar-refractivity contribution in [1.82, 2.24) is 10.2 Å². The number of rotatable bonds is 7. The van der Waals surface area contributed by atoms with Crippen LogP contribution in [0.4, 0.5) is 4.79 Å². The minimum atomic E-state index is -0.497. The van der Waals surface area contributed by atoms with Gasteiger partial charge in [-0.2, -0.15) is 0 Å². The second-order valence-corrected chi connectivity index (χ2v) is 10.8. The minimum absolute atomic E-state index is 0.0570. The molecular weight excluding hydrogens is 435 g/mol. The van der Waals surface area contributed by atoms with Gasteiger partial charge in [-0.15, -0.1) is 0 Å². The molecule has 2 rings (SSSR count). The zero-order valence-electron chi connectivity index (χ0n) is 22.5. The van der Waals surface area contributed by atoms with Crippen LogP contribution in [-0.4, -0.2) is 73.7 Å². The topological polar surface area (TPSA) is 86.3 Å². The van der Waals surface area contributed by atoms with Gasteiger partial charge in [0, 0.05) is 20.2 Å². The first kappa shape index (κ1) is 28.4. The van der Waals surface area contributed by atoms with Crippen LogP contribution in [0.2, 0.25) is 0 Å². The van der Waals surface area contributed by atoms with Gasteiger partial charge < -0.3 is 29.0 Å². The van der Waals surface area contributed by atoms with Gasteiger partial charge in [-0.1, -0.05) is 13.0 Å². The van der Waals surface area contributed by atoms with Crippen molar-refractivity contribution in [3.63, 3.8) is 0 Å². The Bertz CT molecular complexity index is 778. The van der Waals surface area contributed by atoms with E-state index in [1.54, 1.807) is 27.1 Å². The molecule has 192 valence electrons. The summed E-state index contributed by atoms with van der Waals surface area (Å²) in [6.45, 7) is 16.1. The number of hydrogen-bond donors (Lipinski definition) is 1. The van der Waals surface area contributed by atoms with E-state index in [0.29, 0.717) is 0 Å². The molecule has 1 N–H and O–H groups in total. The summed E-state index contributed by atoms with van der Waals surface area (Å²) in [4.78, 5) is 25.3. The Kier molecular flexibility index (Phi) is 9.41. The van der Waals surface area contributed by atoms with E-state index in [1.807, 2.05) is 13.8 Å². The molecule has 2 aliphatic rings. The Hall–Kier alpha value is -1.84. The van der Waals surface area contributed by atoms with Gasteiger partial charge in [-0.3, -0.25) is 4.79 Å². The molecule has 0 aromatic rings. The van der Waals surface area contributed by atoms with Gasteiger partial charge in [0.1, 0.15) is 6.10 Å². The number of allylic oxidation sites excluding steroid dienone is 1. The zero-order valence-corrected chi connectivity index (χ0v) is 22.5. The lowest BCUT2D eigenvalue weighted by atomic mass is 9.78. The molecule has 0 bridgehead atoms. The predicted octanol–water partition coefficient (Wildman–Crippen LogP) is 3.90. The average molecular weight is 478 g/mol. The van der Waals surface area contributed by atoms with Gasteiger partial charge in [0.05, 0.1) is 29.5 Å². The van der Waals surface area contributed by atoms with Gasteiger partial charge in [-0.25, -0.2) is 4.79 Å². The molecule has 0 saturated carbocycles. The third kappa shape index (κ3) is 7.33. The van der Waals surface area contributed by atoms with Crippen LogP contribution in [0.3, 0.4) is 0 Å². The van der Waals surface area contributed by atoms with E-state index in [2.05, 4.69) is 46.0 Å². The molecule has 8 nitrogen and oxygen atoms in total. The lowest BCUT2D eigenvalue weighted by molar-refractivity contribution is -0.123. The van der Waals surface area contributed by atoms with Crippen LogP contribution in [0.1, 0.15) is 68.2 Å². The van der Waals surface area contributed by atoms with Gasteiger partial charge in [0.2, 0.25) is 5.91 Å². The molecule has 9 heteroatoms. The van der Waals surface area contributed by atoms with Crippen molar-refractivity contribution >= 4 is 19.1 Å². The summed E-state index contributed by atoms with van der Waals surface area (Å²) in [6.07, 6.45) is 5.70. The largest absolute Gasteiger partial charge is 0.489 e. The number of nitrogens with zero attached hydrogens (tertiary/aromatic N) is 1. The number of carbonyl (C=O) groups is 2. The van der Waals surface area contributed by atoms with Crippen molar-refractivity contribution < 1.29 is 28.4 Å². The Balaban J connectivity index is 1.86. The van der Waals surface area contributed by atoms with E-state index in [0.717, 1.165) is 18.3 Å². The highest BCUT2D eigenvalue weighted by atomic mass is 16.7. The molecule has 0 spiro atoms. The van der Waals surface area contributed by atoms with Crippen molar-refractivity contribution in [3.8, 4) is 0 Å². The summed E-state index contributed by atoms with van der Waals surface area (Å²) < 4.78 is 23.7. The van der Waals surface area contributed by atoms with Crippen LogP contribution in [-0.2, 0) is 23.6 Å². The first-order valence-electron chi connectivity index (χ1n) is 12.2. The van der Waals surface area contributed by atoms with E-state index >= 15 is 0 Å². The third-order valence-corrected chi connectivity index (χ3v) is 7.01. The smallest absolute Gasteiger partial charge is 0.442 e. The molecule has 2 aliphatic heterocycles. The molecule has 5 atom stereocenters. The van der Waals surface area contributed by atoms with Crippen molar-refractivity contribution in [3.05, 3.63) is 23.7 Å². The number of carbonyl (C=O) groups excluding carboxylic acids is 2. The van der Waals surface area contributed by atoms with Crippen molar-refractivity contribution in [2.45, 2.75) is 104 Å². The van der Waals surface area contributed by atoms with Crippen LogP contribution >= 0.6 is 0 Å². The molecular formula is C25H43BN2O6. The molecule has 0 aromatic heterocycles. The third-order valence-electron chi connectivity index (χ3n) is 7.01. The molecule has 0 aromatic carbocycles. The fourth-order valence-electron chi connectivity index (χ4n) is 3.90. The highest BCUT2D eigenvalue weighted by molar-refractivity contribution is 6.54. The molecule has 2 heterocycles. The summed E-state index contributed by atoms with van der Waals surface area (Å²) in [7, 11) is 2.87. The normalized spacial score (nSPS) is 29.7. The zero-order chi connectivity index (χ0) is 25.8. The van der Waals surface area contributed by atoms with E-state index in [9.17, 15) is 9.59 Å². The fraction of sp³-hybridized carbons (Fsp3) is 0.760. The summed E-state index contributed by atoms with van der Waals surface area (Å²) >= 11 is 0. The fourth-order valence-corrected chi connectivity index (χ4v) is 3.90. The summed E-state index contributed by atoms with van der Waals surface area (Å²) in [5, 5.41) is 3.02. The predicted molar refractivity (Wildman–Crippen MR) is 133 cm³/mol. The number of ether oxygens (including phenoxy) is 2. The lowest BCUT2D eigenvalue weighted by Crippen LogP contribution is -2.50. The second kappa shape index (κ2) is 11.3. The SMILES string of the molecule is C/C(=C\C[C@@H]1O[C@H](C)[C@H](NC(=O)C=CC(C)OC(=O)N(C)C)C[C@@H]1C)B1OC(C)(C)C(C)(C)O1. The first-order chi connectivity index (χ1) is 15.6. The molecule has 2 amide bonds. The van der Waals surface area contributed by atoms with Crippen LogP contribution in [0.5, 0.6) is 0 Å². The highest BCUT2D eigenvalue weighted by Gasteiger charge is 2.51. The first-order valence-corrected chi connectivity index (χ1v) is 12.2. The Morgan fingerprint density at radius 1 is 1.18 bits per heavy atom. The van der Waals surface area contributed by atoms with Crippen molar-refractivity contribution in [2.75, 3.05) is 14.1 Å². The Labute approximate surface area is 205 Å². The van der Waals surface area contributed by atoms with Gasteiger partial charge >= 0.3 is 13.2 Å². The molecule has 0 radical (unpaired) electrons. The summed E-state index contributed by atoms with van der Waals surface area (Å²) in [6, 6.07) is -0.0868. The van der Waals surface area contributed by atoms with Crippen LogP contribution in [0, 0.1) is 5.92 Å². The summed E-state index contributed by atoms with van der Waals surface area (Å²) in [5.41, 5.74) is 0.329. The van der Waals surface area contributed by atoms with Gasteiger partial charge in [0.25, 0.3) is 0 Å². The molecule has 2 saturated heterocycles. The van der Waals surface area contributed by atoms with Crippen molar-refractivity contribution in [2.24, 2.45) is 5.92 Å². The van der Waals surface area contributed by atoms with E-state index in [4.69, 9.17) is 18.8 Å². The highest BCUT2D eigenvalue weighted by Crippen LogP contribution is 2.38. The molecule has 0 aliphatic carbocycles. The summed E-state index contributed by atoms with van der Waals surface area (Å²) in [5.74, 6) is 0.0446. The Morgan fingerprint density at radius 2 is 1.76 bits per heavy atom. The van der Waals surface area contributed by atoms with E-state index in [1.165, 1.54) is 11.0 Å². The van der Waals surface area contributed by atoms with E-state index in [-0.39, 0.29) is 48.4 Å². The number of hydrogen-bond acceptors (Lipinski definition) is 6. The standard InChI is InChI=1S/C25H43BN2O6/c1-16-15-20(27-22(29)14-12-18(3)31-23(30)28(9)10)19(4)32-21(16)13-11-17(2)26-33-24(5,6)25(7,8)34-26/h11-12,14,16,18-21H,13,15H2,1-10H3,(H,27,29)/b14-12?,17-11+/t16-,18?,19+,20+,21-/m0/s1. The van der Waals surface area contributed by atoms with Crippen molar-refractivity contribution in [1.29, 1.82) is 0 Å². The quantitative estimate of drug-likeness (QED) is 0.441. The number of amides is 2.